The highest BCUT2D eigenvalue weighted by molar-refractivity contribution is 5.82. The van der Waals surface area contributed by atoms with Crippen LogP contribution in [0.25, 0.3) is 11.0 Å². The molecule has 2 atom stereocenters. The second-order valence-electron chi connectivity index (χ2n) is 4.21. The zero-order valence-corrected chi connectivity index (χ0v) is 9.94. The molecule has 4 heteroatoms. The average Bonchev–Trinajstić information content (AvgIpc) is 2.72. The molecule has 2 aromatic rings. The van der Waals surface area contributed by atoms with Gasteiger partial charge >= 0.3 is 0 Å². The molecule has 0 saturated carbocycles. The van der Waals surface area contributed by atoms with Crippen molar-refractivity contribution in [3.05, 3.63) is 36.1 Å². The summed E-state index contributed by atoms with van der Waals surface area (Å²) in [5, 5.41) is 3.83. The maximum Gasteiger partial charge on any atom is 0.237 e. The van der Waals surface area contributed by atoms with Crippen LogP contribution >= 0.6 is 0 Å². The van der Waals surface area contributed by atoms with Crippen LogP contribution in [0.1, 0.15) is 25.6 Å². The molecule has 0 aliphatic rings. The van der Waals surface area contributed by atoms with Gasteiger partial charge in [0.1, 0.15) is 11.3 Å². The Balaban J connectivity index is 2.19. The Labute approximate surface area is 99.8 Å². The lowest BCUT2D eigenvalue weighted by atomic mass is 10.2. The van der Waals surface area contributed by atoms with Crippen LogP contribution in [0.3, 0.4) is 0 Å². The van der Waals surface area contributed by atoms with E-state index in [0.29, 0.717) is 0 Å². The fraction of sp³-hybridized carbons (Fsp3) is 0.308. The van der Waals surface area contributed by atoms with Gasteiger partial charge in [-0.05, 0) is 26.0 Å². The van der Waals surface area contributed by atoms with Crippen LogP contribution in [0.4, 0.5) is 0 Å². The number of nitrogens with one attached hydrogen (secondary N) is 1. The highest BCUT2D eigenvalue weighted by atomic mass is 16.3. The van der Waals surface area contributed by atoms with E-state index in [9.17, 15) is 4.79 Å². The number of para-hydroxylation sites is 1. The molecule has 3 N–H and O–H groups in total. The Morgan fingerprint density at radius 2 is 2.06 bits per heavy atom. The van der Waals surface area contributed by atoms with E-state index in [1.54, 1.807) is 6.92 Å². The standard InChI is InChI=1S/C13H16N2O2/c1-8(14)13(16)15-9(2)12-7-10-5-3-4-6-11(10)17-12/h3-9H,14H2,1-2H3,(H,15,16)/t8-,9?/m0/s1. The molecular formula is C13H16N2O2. The summed E-state index contributed by atoms with van der Waals surface area (Å²) in [6, 6.07) is 8.99. The minimum Gasteiger partial charge on any atom is -0.459 e. The zero-order chi connectivity index (χ0) is 12.4. The lowest BCUT2D eigenvalue weighted by molar-refractivity contribution is -0.122. The predicted octanol–water partition coefficient (Wildman–Crippen LogP) is 1.96. The number of benzene rings is 1. The molecule has 0 aliphatic heterocycles. The summed E-state index contributed by atoms with van der Waals surface area (Å²) in [6.45, 7) is 3.53. The molecule has 1 unspecified atom stereocenters. The van der Waals surface area contributed by atoms with E-state index in [4.69, 9.17) is 10.2 Å². The van der Waals surface area contributed by atoms with Crippen molar-refractivity contribution in [3.8, 4) is 0 Å². The Morgan fingerprint density at radius 3 is 2.71 bits per heavy atom. The van der Waals surface area contributed by atoms with E-state index in [1.807, 2.05) is 37.3 Å². The maximum absolute atomic E-state index is 11.5. The first-order valence-corrected chi connectivity index (χ1v) is 5.62. The number of furan rings is 1. The molecule has 1 aromatic carbocycles. The molecule has 0 spiro atoms. The molecule has 0 fully saturated rings. The molecule has 2 rings (SSSR count). The van der Waals surface area contributed by atoms with Gasteiger partial charge in [-0.3, -0.25) is 4.79 Å². The van der Waals surface area contributed by atoms with Gasteiger partial charge in [-0.25, -0.2) is 0 Å². The van der Waals surface area contributed by atoms with E-state index in [1.165, 1.54) is 0 Å². The van der Waals surface area contributed by atoms with E-state index in [-0.39, 0.29) is 11.9 Å². The van der Waals surface area contributed by atoms with Gasteiger partial charge in [0.15, 0.2) is 0 Å². The summed E-state index contributed by atoms with van der Waals surface area (Å²) in [5.41, 5.74) is 6.32. The first kappa shape index (κ1) is 11.7. The fourth-order valence-corrected chi connectivity index (χ4v) is 1.63. The highest BCUT2D eigenvalue weighted by Gasteiger charge is 2.15. The number of fused-ring (bicyclic) bond motifs is 1. The number of amides is 1. The van der Waals surface area contributed by atoms with Crippen LogP contribution < -0.4 is 11.1 Å². The smallest absolute Gasteiger partial charge is 0.237 e. The lowest BCUT2D eigenvalue weighted by Crippen LogP contribution is -2.39. The molecule has 1 amide bonds. The summed E-state index contributed by atoms with van der Waals surface area (Å²) in [5.74, 6) is 0.554. The van der Waals surface area contributed by atoms with E-state index in [2.05, 4.69) is 5.32 Å². The van der Waals surface area contributed by atoms with Crippen LogP contribution in [-0.4, -0.2) is 11.9 Å². The Hall–Kier alpha value is -1.81. The molecule has 0 bridgehead atoms. The van der Waals surface area contributed by atoms with Gasteiger partial charge in [0.25, 0.3) is 0 Å². The van der Waals surface area contributed by atoms with Crippen molar-refractivity contribution in [1.82, 2.24) is 5.32 Å². The fourth-order valence-electron chi connectivity index (χ4n) is 1.63. The van der Waals surface area contributed by atoms with Gasteiger partial charge in [-0.1, -0.05) is 18.2 Å². The van der Waals surface area contributed by atoms with Gasteiger partial charge in [-0.2, -0.15) is 0 Å². The molecule has 17 heavy (non-hydrogen) atoms. The van der Waals surface area contributed by atoms with E-state index >= 15 is 0 Å². The summed E-state index contributed by atoms with van der Waals surface area (Å²) < 4.78 is 5.65. The average molecular weight is 232 g/mol. The van der Waals surface area contributed by atoms with Gasteiger partial charge in [0.05, 0.1) is 12.1 Å². The molecule has 1 aromatic heterocycles. The third-order valence-corrected chi connectivity index (χ3v) is 2.64. The Bertz CT molecular complexity index is 498. The summed E-state index contributed by atoms with van der Waals surface area (Å²) >= 11 is 0. The first-order valence-electron chi connectivity index (χ1n) is 5.62. The topological polar surface area (TPSA) is 68.3 Å². The van der Waals surface area contributed by atoms with Crippen molar-refractivity contribution in [2.45, 2.75) is 25.9 Å². The number of carbonyl (C=O) groups is 1. The molecule has 0 saturated heterocycles. The quantitative estimate of drug-likeness (QED) is 0.850. The minimum atomic E-state index is -0.512. The third kappa shape index (κ3) is 2.47. The normalized spacial score (nSPS) is 14.5. The summed E-state index contributed by atoms with van der Waals surface area (Å²) in [4.78, 5) is 11.5. The highest BCUT2D eigenvalue weighted by Crippen LogP contribution is 2.23. The van der Waals surface area contributed by atoms with Gasteiger partial charge in [-0.15, -0.1) is 0 Å². The SMILES string of the molecule is CC(NC(=O)[C@H](C)N)c1cc2ccccc2o1. The second-order valence-corrected chi connectivity index (χ2v) is 4.21. The first-order chi connectivity index (χ1) is 8.08. The number of hydrogen-bond acceptors (Lipinski definition) is 3. The number of rotatable bonds is 3. The zero-order valence-electron chi connectivity index (χ0n) is 9.94. The minimum absolute atomic E-state index is 0.180. The summed E-state index contributed by atoms with van der Waals surface area (Å²) in [6.07, 6.45) is 0. The number of nitrogens with two attached hydrogens (primary N) is 1. The third-order valence-electron chi connectivity index (χ3n) is 2.64. The predicted molar refractivity (Wildman–Crippen MR) is 66.4 cm³/mol. The Morgan fingerprint density at radius 1 is 1.35 bits per heavy atom. The van der Waals surface area contributed by atoms with Crippen LogP contribution in [0.15, 0.2) is 34.7 Å². The summed E-state index contributed by atoms with van der Waals surface area (Å²) in [7, 11) is 0. The monoisotopic (exact) mass is 232 g/mol. The van der Waals surface area contributed by atoms with Crippen molar-refractivity contribution in [3.63, 3.8) is 0 Å². The molecule has 1 heterocycles. The van der Waals surface area contributed by atoms with Gasteiger partial charge in [0.2, 0.25) is 5.91 Å². The van der Waals surface area contributed by atoms with Crippen LogP contribution in [0.5, 0.6) is 0 Å². The molecule has 0 radical (unpaired) electrons. The van der Waals surface area contributed by atoms with E-state index < -0.39 is 6.04 Å². The van der Waals surface area contributed by atoms with Crippen molar-refractivity contribution >= 4 is 16.9 Å². The molecule has 90 valence electrons. The largest absolute Gasteiger partial charge is 0.459 e. The van der Waals surface area contributed by atoms with Crippen molar-refractivity contribution in [2.24, 2.45) is 5.73 Å². The maximum atomic E-state index is 11.5. The number of hydrogen-bond donors (Lipinski definition) is 2. The van der Waals surface area contributed by atoms with E-state index in [0.717, 1.165) is 16.7 Å². The van der Waals surface area contributed by atoms with Crippen LogP contribution in [0.2, 0.25) is 0 Å². The van der Waals surface area contributed by atoms with Crippen molar-refractivity contribution in [2.75, 3.05) is 0 Å². The van der Waals surface area contributed by atoms with Crippen molar-refractivity contribution < 1.29 is 9.21 Å². The second kappa shape index (κ2) is 4.59. The van der Waals surface area contributed by atoms with Gasteiger partial charge in [0, 0.05) is 5.39 Å². The number of carbonyl (C=O) groups excluding carboxylic acids is 1. The lowest BCUT2D eigenvalue weighted by Gasteiger charge is -2.12. The molecule has 0 aliphatic carbocycles. The van der Waals surface area contributed by atoms with Crippen LogP contribution in [-0.2, 0) is 4.79 Å². The molecular weight excluding hydrogens is 216 g/mol. The van der Waals surface area contributed by atoms with Crippen LogP contribution in [0, 0.1) is 0 Å². The molecule has 4 nitrogen and oxygen atoms in total. The van der Waals surface area contributed by atoms with Crippen molar-refractivity contribution in [1.29, 1.82) is 0 Å². The Kier molecular flexibility index (Phi) is 3.15. The van der Waals surface area contributed by atoms with Gasteiger partial charge < -0.3 is 15.5 Å².